The molecule has 1 aromatic carbocycles. The SMILES string of the molecule is CCOC(=O)Cc1ccc(NC(=O)N2CCN(c3nc4cccnc4n(CC)c3=O)CC2)cc1. The lowest BCUT2D eigenvalue weighted by molar-refractivity contribution is -0.142. The molecule has 3 heterocycles. The number of hydrogen-bond acceptors (Lipinski definition) is 7. The van der Waals surface area contributed by atoms with Crippen LogP contribution in [0.25, 0.3) is 11.2 Å². The van der Waals surface area contributed by atoms with Gasteiger partial charge in [-0.25, -0.2) is 14.8 Å². The number of benzene rings is 1. The molecule has 2 aromatic heterocycles. The standard InChI is InChI=1S/C24H28N6O4/c1-3-30-21-19(6-5-11-25-21)27-22(23(30)32)28-12-14-29(15-13-28)24(33)26-18-9-7-17(8-10-18)16-20(31)34-4-2/h5-11H,3-4,12-16H2,1-2H3,(H,26,33). The lowest BCUT2D eigenvalue weighted by Gasteiger charge is -2.35. The molecule has 0 aliphatic carbocycles. The summed E-state index contributed by atoms with van der Waals surface area (Å²) >= 11 is 0. The van der Waals surface area contributed by atoms with E-state index in [9.17, 15) is 14.4 Å². The fraction of sp³-hybridized carbons (Fsp3) is 0.375. The first-order chi connectivity index (χ1) is 16.5. The van der Waals surface area contributed by atoms with Gasteiger partial charge in [0.1, 0.15) is 5.52 Å². The van der Waals surface area contributed by atoms with Gasteiger partial charge < -0.3 is 19.9 Å². The number of carbonyl (C=O) groups excluding carboxylic acids is 2. The number of ether oxygens (including phenoxy) is 1. The lowest BCUT2D eigenvalue weighted by atomic mass is 10.1. The average Bonchev–Trinajstić information content (AvgIpc) is 2.85. The van der Waals surface area contributed by atoms with Crippen LogP contribution in [0.15, 0.2) is 47.4 Å². The maximum Gasteiger partial charge on any atom is 0.321 e. The van der Waals surface area contributed by atoms with Crippen LogP contribution < -0.4 is 15.8 Å². The summed E-state index contributed by atoms with van der Waals surface area (Å²) in [5, 5.41) is 2.89. The van der Waals surface area contributed by atoms with Crippen molar-refractivity contribution in [3.8, 4) is 0 Å². The van der Waals surface area contributed by atoms with Crippen molar-refractivity contribution >= 4 is 34.7 Å². The van der Waals surface area contributed by atoms with Gasteiger partial charge in [-0.15, -0.1) is 0 Å². The molecule has 0 atom stereocenters. The van der Waals surface area contributed by atoms with E-state index in [1.54, 1.807) is 52.9 Å². The summed E-state index contributed by atoms with van der Waals surface area (Å²) in [6, 6.07) is 10.6. The Morgan fingerprint density at radius 2 is 1.79 bits per heavy atom. The summed E-state index contributed by atoms with van der Waals surface area (Å²) in [5.41, 5.74) is 2.54. The molecule has 10 heteroatoms. The van der Waals surface area contributed by atoms with Gasteiger partial charge >= 0.3 is 12.0 Å². The minimum absolute atomic E-state index is 0.172. The molecule has 1 aliphatic rings. The Morgan fingerprint density at radius 3 is 2.47 bits per heavy atom. The number of anilines is 2. The molecule has 1 aliphatic heterocycles. The predicted molar refractivity (Wildman–Crippen MR) is 129 cm³/mol. The number of pyridine rings is 1. The van der Waals surface area contributed by atoms with Gasteiger partial charge in [-0.3, -0.25) is 14.2 Å². The van der Waals surface area contributed by atoms with E-state index in [2.05, 4.69) is 15.3 Å². The van der Waals surface area contributed by atoms with Crippen LogP contribution in [0.4, 0.5) is 16.3 Å². The smallest absolute Gasteiger partial charge is 0.321 e. The van der Waals surface area contributed by atoms with Crippen molar-refractivity contribution in [3.05, 3.63) is 58.5 Å². The van der Waals surface area contributed by atoms with E-state index in [4.69, 9.17) is 4.74 Å². The third-order valence-corrected chi connectivity index (χ3v) is 5.73. The van der Waals surface area contributed by atoms with E-state index < -0.39 is 0 Å². The highest BCUT2D eigenvalue weighted by Gasteiger charge is 2.25. The molecule has 2 amide bonds. The van der Waals surface area contributed by atoms with E-state index in [0.717, 1.165) is 5.56 Å². The van der Waals surface area contributed by atoms with Crippen molar-refractivity contribution in [2.24, 2.45) is 0 Å². The molecule has 0 spiro atoms. The number of hydrogen-bond donors (Lipinski definition) is 1. The Hall–Kier alpha value is -3.95. The van der Waals surface area contributed by atoms with Gasteiger partial charge in [0.15, 0.2) is 11.5 Å². The first-order valence-electron chi connectivity index (χ1n) is 11.4. The van der Waals surface area contributed by atoms with Gasteiger partial charge in [-0.1, -0.05) is 12.1 Å². The second kappa shape index (κ2) is 10.3. The fourth-order valence-corrected chi connectivity index (χ4v) is 3.97. The Balaban J connectivity index is 1.38. The Morgan fingerprint density at radius 1 is 1.06 bits per heavy atom. The molecule has 0 saturated carbocycles. The molecule has 4 rings (SSSR count). The Labute approximate surface area is 197 Å². The number of nitrogens with zero attached hydrogens (tertiary/aromatic N) is 5. The molecule has 1 saturated heterocycles. The van der Waals surface area contributed by atoms with Gasteiger partial charge in [-0.05, 0) is 43.7 Å². The van der Waals surface area contributed by atoms with Crippen molar-refractivity contribution in [2.45, 2.75) is 26.8 Å². The first-order valence-corrected chi connectivity index (χ1v) is 11.4. The number of rotatable bonds is 6. The fourth-order valence-electron chi connectivity index (χ4n) is 3.97. The van der Waals surface area contributed by atoms with Crippen LogP contribution in [-0.2, 0) is 22.5 Å². The highest BCUT2D eigenvalue weighted by atomic mass is 16.5. The molecule has 10 nitrogen and oxygen atoms in total. The van der Waals surface area contributed by atoms with E-state index in [0.29, 0.717) is 62.0 Å². The number of fused-ring (bicyclic) bond motifs is 1. The van der Waals surface area contributed by atoms with Crippen LogP contribution in [0.5, 0.6) is 0 Å². The van der Waals surface area contributed by atoms with Crippen LogP contribution in [0.1, 0.15) is 19.4 Å². The van der Waals surface area contributed by atoms with Crippen LogP contribution in [0, 0.1) is 0 Å². The number of nitrogens with one attached hydrogen (secondary N) is 1. The maximum atomic E-state index is 13.0. The maximum absolute atomic E-state index is 13.0. The zero-order valence-corrected chi connectivity index (χ0v) is 19.4. The van der Waals surface area contributed by atoms with Crippen molar-refractivity contribution in [2.75, 3.05) is 43.0 Å². The molecule has 178 valence electrons. The monoisotopic (exact) mass is 464 g/mol. The molecular weight excluding hydrogens is 436 g/mol. The molecule has 34 heavy (non-hydrogen) atoms. The quantitative estimate of drug-likeness (QED) is 0.557. The third kappa shape index (κ3) is 5.00. The molecule has 1 N–H and O–H groups in total. The van der Waals surface area contributed by atoms with Gasteiger partial charge in [0.25, 0.3) is 5.56 Å². The lowest BCUT2D eigenvalue weighted by Crippen LogP contribution is -2.51. The number of amides is 2. The first kappa shape index (κ1) is 23.2. The van der Waals surface area contributed by atoms with Crippen molar-refractivity contribution in [1.82, 2.24) is 19.4 Å². The van der Waals surface area contributed by atoms with Gasteiger partial charge in [0.05, 0.1) is 13.0 Å². The normalized spacial score (nSPS) is 13.7. The van der Waals surface area contributed by atoms with E-state index in [1.165, 1.54) is 0 Å². The van der Waals surface area contributed by atoms with E-state index in [-0.39, 0.29) is 24.0 Å². The van der Waals surface area contributed by atoms with Gasteiger partial charge in [-0.2, -0.15) is 0 Å². The van der Waals surface area contributed by atoms with Gasteiger partial charge in [0.2, 0.25) is 0 Å². The number of urea groups is 1. The van der Waals surface area contributed by atoms with Crippen LogP contribution in [0.3, 0.4) is 0 Å². The number of carbonyl (C=O) groups is 2. The summed E-state index contributed by atoms with van der Waals surface area (Å²) < 4.78 is 6.58. The zero-order valence-electron chi connectivity index (χ0n) is 19.4. The van der Waals surface area contributed by atoms with Gasteiger partial charge in [0, 0.05) is 44.6 Å². The Kier molecular flexibility index (Phi) is 7.05. The van der Waals surface area contributed by atoms with Crippen molar-refractivity contribution < 1.29 is 14.3 Å². The van der Waals surface area contributed by atoms with E-state index in [1.807, 2.05) is 17.9 Å². The molecule has 0 radical (unpaired) electrons. The van der Waals surface area contributed by atoms with Crippen molar-refractivity contribution in [1.29, 1.82) is 0 Å². The topological polar surface area (TPSA) is 110 Å². The summed E-state index contributed by atoms with van der Waals surface area (Å²) in [5.74, 6) is 0.111. The summed E-state index contributed by atoms with van der Waals surface area (Å²) in [4.78, 5) is 49.8. The van der Waals surface area contributed by atoms with Crippen LogP contribution >= 0.6 is 0 Å². The number of aryl methyl sites for hydroxylation is 1. The zero-order chi connectivity index (χ0) is 24.1. The molecular formula is C24H28N6O4. The number of piperazine rings is 1. The van der Waals surface area contributed by atoms with Crippen LogP contribution in [-0.4, -0.2) is 64.2 Å². The molecule has 3 aromatic rings. The molecule has 1 fully saturated rings. The average molecular weight is 465 g/mol. The second-order valence-electron chi connectivity index (χ2n) is 7.91. The number of aromatic nitrogens is 3. The highest BCUT2D eigenvalue weighted by Crippen LogP contribution is 2.16. The molecule has 0 unspecified atom stereocenters. The highest BCUT2D eigenvalue weighted by molar-refractivity contribution is 5.89. The van der Waals surface area contributed by atoms with E-state index >= 15 is 0 Å². The second-order valence-corrected chi connectivity index (χ2v) is 7.91. The number of esters is 1. The summed E-state index contributed by atoms with van der Waals surface area (Å²) in [6.07, 6.45) is 1.85. The van der Waals surface area contributed by atoms with Crippen molar-refractivity contribution in [3.63, 3.8) is 0 Å². The summed E-state index contributed by atoms with van der Waals surface area (Å²) in [6.45, 7) is 6.47. The summed E-state index contributed by atoms with van der Waals surface area (Å²) in [7, 11) is 0. The van der Waals surface area contributed by atoms with Crippen LogP contribution in [0.2, 0.25) is 0 Å². The predicted octanol–water partition coefficient (Wildman–Crippen LogP) is 2.27. The molecule has 0 bridgehead atoms. The minimum atomic E-state index is -0.278. The minimum Gasteiger partial charge on any atom is -0.466 e. The Bertz CT molecular complexity index is 1230. The third-order valence-electron chi connectivity index (χ3n) is 5.73. The largest absolute Gasteiger partial charge is 0.466 e.